The van der Waals surface area contributed by atoms with Crippen molar-refractivity contribution in [3.05, 3.63) is 83.0 Å². The fraction of sp³-hybridized carbons (Fsp3) is 0.387. The maximum Gasteiger partial charge on any atom is 0.254 e. The zero-order valence-electron chi connectivity index (χ0n) is 23.3. The number of hydrogen-bond donors (Lipinski definition) is 1. The lowest BCUT2D eigenvalue weighted by Gasteiger charge is -2.27. The van der Waals surface area contributed by atoms with Crippen LogP contribution >= 0.6 is 11.6 Å². The van der Waals surface area contributed by atoms with Gasteiger partial charge in [-0.2, -0.15) is 0 Å². The first-order chi connectivity index (χ1) is 19.5. The number of imidazole rings is 1. The lowest BCUT2D eigenvalue weighted by molar-refractivity contribution is 0.0724. The molecule has 7 nitrogen and oxygen atoms in total. The minimum Gasteiger partial charge on any atom is -0.369 e. The van der Waals surface area contributed by atoms with Gasteiger partial charge in [0.15, 0.2) is 5.65 Å². The molecule has 212 valence electrons. The smallest absolute Gasteiger partial charge is 0.254 e. The number of likely N-dealkylation sites (N-methyl/N-ethyl adjacent to an activating group) is 1. The normalized spacial score (nSPS) is 11.3. The van der Waals surface area contributed by atoms with Crippen LogP contribution in [-0.2, 0) is 6.54 Å². The standard InChI is InChI=1S/C31H38ClFN6O/c1-3-37(4-2)20-21-38(23-24-8-14-27(32)15-9-24)31(40)26-12-10-25(11-13-26)28-22-35-30-17-16-29(36-39(28)30)34-19-7-5-6-18-33/h8-17,22H,3-7,18-21,23H2,1-2H3,(H,34,36). The summed E-state index contributed by atoms with van der Waals surface area (Å²) in [5, 5.41) is 8.69. The maximum absolute atomic E-state index is 13.6. The Hall–Kier alpha value is -3.49. The lowest BCUT2D eigenvalue weighted by atomic mass is 10.1. The molecule has 4 aromatic rings. The van der Waals surface area contributed by atoms with Crippen molar-refractivity contribution < 1.29 is 9.18 Å². The molecule has 4 rings (SSSR count). The van der Waals surface area contributed by atoms with Crippen LogP contribution in [0, 0.1) is 0 Å². The molecule has 0 atom stereocenters. The van der Waals surface area contributed by atoms with E-state index in [1.54, 1.807) is 10.7 Å². The van der Waals surface area contributed by atoms with Gasteiger partial charge in [0.1, 0.15) is 5.82 Å². The predicted molar refractivity (Wildman–Crippen MR) is 161 cm³/mol. The van der Waals surface area contributed by atoms with Gasteiger partial charge < -0.3 is 15.1 Å². The number of fused-ring (bicyclic) bond motifs is 1. The summed E-state index contributed by atoms with van der Waals surface area (Å²) < 4.78 is 14.1. The summed E-state index contributed by atoms with van der Waals surface area (Å²) >= 11 is 6.08. The highest BCUT2D eigenvalue weighted by molar-refractivity contribution is 6.30. The molecular formula is C31H38ClFN6O. The molecule has 0 radical (unpaired) electrons. The number of hydrogen-bond acceptors (Lipinski definition) is 5. The lowest BCUT2D eigenvalue weighted by Crippen LogP contribution is -2.38. The molecule has 0 bridgehead atoms. The first-order valence-electron chi connectivity index (χ1n) is 14.0. The molecule has 40 heavy (non-hydrogen) atoms. The molecule has 0 fully saturated rings. The highest BCUT2D eigenvalue weighted by Crippen LogP contribution is 2.23. The number of aromatic nitrogens is 3. The van der Waals surface area contributed by atoms with Gasteiger partial charge in [-0.1, -0.05) is 49.7 Å². The number of nitrogens with zero attached hydrogens (tertiary/aromatic N) is 5. The molecular weight excluding hydrogens is 527 g/mol. The van der Waals surface area contributed by atoms with Gasteiger partial charge in [-0.15, -0.1) is 5.10 Å². The molecule has 1 N–H and O–H groups in total. The molecule has 1 amide bonds. The number of carbonyl (C=O) groups excluding carboxylic acids is 1. The summed E-state index contributed by atoms with van der Waals surface area (Å²) in [5.41, 5.74) is 4.18. The number of alkyl halides is 1. The zero-order valence-corrected chi connectivity index (χ0v) is 24.1. The van der Waals surface area contributed by atoms with Gasteiger partial charge in [-0.05, 0) is 74.3 Å². The molecule has 0 aliphatic heterocycles. The van der Waals surface area contributed by atoms with Crippen molar-refractivity contribution in [2.45, 2.75) is 39.7 Å². The van der Waals surface area contributed by atoms with Crippen LogP contribution in [0.4, 0.5) is 10.2 Å². The highest BCUT2D eigenvalue weighted by Gasteiger charge is 2.18. The molecule has 0 unspecified atom stereocenters. The van der Waals surface area contributed by atoms with E-state index in [4.69, 9.17) is 16.7 Å². The van der Waals surface area contributed by atoms with Crippen LogP contribution in [0.25, 0.3) is 16.9 Å². The van der Waals surface area contributed by atoms with E-state index < -0.39 is 0 Å². The van der Waals surface area contributed by atoms with Crippen LogP contribution in [0.3, 0.4) is 0 Å². The Balaban J connectivity index is 1.50. The average Bonchev–Trinajstić information content (AvgIpc) is 3.41. The number of carbonyl (C=O) groups is 1. The third kappa shape index (κ3) is 7.79. The first-order valence-corrected chi connectivity index (χ1v) is 14.4. The average molecular weight is 565 g/mol. The van der Waals surface area contributed by atoms with Crippen LogP contribution in [0.15, 0.2) is 66.9 Å². The van der Waals surface area contributed by atoms with Gasteiger partial charge in [0.05, 0.1) is 18.6 Å². The summed E-state index contributed by atoms with van der Waals surface area (Å²) in [6.07, 6.45) is 4.12. The molecule has 0 spiro atoms. The Labute approximate surface area is 241 Å². The van der Waals surface area contributed by atoms with E-state index >= 15 is 0 Å². The van der Waals surface area contributed by atoms with Crippen molar-refractivity contribution in [1.29, 1.82) is 0 Å². The Kier molecular flexibility index (Phi) is 10.9. The van der Waals surface area contributed by atoms with Gasteiger partial charge in [0.2, 0.25) is 0 Å². The maximum atomic E-state index is 13.6. The Bertz CT molecular complexity index is 1350. The summed E-state index contributed by atoms with van der Waals surface area (Å²) in [6, 6.07) is 19.1. The largest absolute Gasteiger partial charge is 0.369 e. The van der Waals surface area contributed by atoms with Crippen molar-refractivity contribution in [3.8, 4) is 11.3 Å². The third-order valence-corrected chi connectivity index (χ3v) is 7.31. The number of anilines is 1. The second kappa shape index (κ2) is 14.8. The van der Waals surface area contributed by atoms with Crippen LogP contribution in [0.1, 0.15) is 49.0 Å². The molecule has 0 saturated heterocycles. The Morgan fingerprint density at radius 1 is 0.950 bits per heavy atom. The fourth-order valence-electron chi connectivity index (χ4n) is 4.61. The van der Waals surface area contributed by atoms with E-state index in [0.29, 0.717) is 30.1 Å². The number of amides is 1. The molecule has 9 heteroatoms. The van der Waals surface area contributed by atoms with E-state index in [1.165, 1.54) is 0 Å². The van der Waals surface area contributed by atoms with Crippen LogP contribution < -0.4 is 5.32 Å². The molecule has 0 aliphatic rings. The van der Waals surface area contributed by atoms with E-state index in [9.17, 15) is 9.18 Å². The van der Waals surface area contributed by atoms with Crippen molar-refractivity contribution in [2.24, 2.45) is 0 Å². The highest BCUT2D eigenvalue weighted by atomic mass is 35.5. The summed E-state index contributed by atoms with van der Waals surface area (Å²) in [6.45, 7) is 8.57. The van der Waals surface area contributed by atoms with Gasteiger partial charge >= 0.3 is 0 Å². The number of halogens is 2. The second-order valence-corrected chi connectivity index (χ2v) is 10.2. The van der Waals surface area contributed by atoms with E-state index in [-0.39, 0.29) is 12.6 Å². The SMILES string of the molecule is CCN(CC)CCN(Cc1ccc(Cl)cc1)C(=O)c1ccc(-c2cnc3ccc(NCCCCCF)nn23)cc1. The van der Waals surface area contributed by atoms with Crippen LogP contribution in [-0.4, -0.2) is 69.7 Å². The van der Waals surface area contributed by atoms with Crippen molar-refractivity contribution in [1.82, 2.24) is 24.4 Å². The predicted octanol–water partition coefficient (Wildman–Crippen LogP) is 6.59. The van der Waals surface area contributed by atoms with Crippen molar-refractivity contribution in [3.63, 3.8) is 0 Å². The Morgan fingerprint density at radius 2 is 1.70 bits per heavy atom. The summed E-state index contributed by atoms with van der Waals surface area (Å²) in [4.78, 5) is 22.4. The van der Waals surface area contributed by atoms with E-state index in [2.05, 4.69) is 29.0 Å². The second-order valence-electron chi connectivity index (χ2n) is 9.77. The van der Waals surface area contributed by atoms with Crippen molar-refractivity contribution in [2.75, 3.05) is 44.7 Å². The summed E-state index contributed by atoms with van der Waals surface area (Å²) in [7, 11) is 0. The zero-order chi connectivity index (χ0) is 28.3. The van der Waals surface area contributed by atoms with Gasteiger partial charge in [0, 0.05) is 42.3 Å². The number of rotatable bonds is 15. The minimum absolute atomic E-state index is 0.0100. The fourth-order valence-corrected chi connectivity index (χ4v) is 4.73. The van der Waals surface area contributed by atoms with Gasteiger partial charge in [-0.25, -0.2) is 9.50 Å². The monoisotopic (exact) mass is 564 g/mol. The molecule has 0 aliphatic carbocycles. The number of benzene rings is 2. The van der Waals surface area contributed by atoms with Crippen LogP contribution in [0.2, 0.25) is 5.02 Å². The molecule has 0 saturated carbocycles. The van der Waals surface area contributed by atoms with E-state index in [1.807, 2.05) is 65.6 Å². The Morgan fingerprint density at radius 3 is 2.40 bits per heavy atom. The first kappa shape index (κ1) is 29.5. The van der Waals surface area contributed by atoms with E-state index in [0.717, 1.165) is 67.3 Å². The minimum atomic E-state index is -0.274. The quantitative estimate of drug-likeness (QED) is 0.165. The summed E-state index contributed by atoms with van der Waals surface area (Å²) in [5.74, 6) is 0.731. The van der Waals surface area contributed by atoms with Crippen LogP contribution in [0.5, 0.6) is 0 Å². The molecule has 2 heterocycles. The number of unbranched alkanes of at least 4 members (excludes halogenated alkanes) is 2. The molecule has 2 aromatic heterocycles. The topological polar surface area (TPSA) is 65.8 Å². The number of nitrogens with one attached hydrogen (secondary N) is 1. The third-order valence-electron chi connectivity index (χ3n) is 7.06. The van der Waals surface area contributed by atoms with Gasteiger partial charge in [0.25, 0.3) is 5.91 Å². The van der Waals surface area contributed by atoms with Gasteiger partial charge in [-0.3, -0.25) is 9.18 Å². The molecule has 2 aromatic carbocycles. The van der Waals surface area contributed by atoms with Crippen molar-refractivity contribution >= 4 is 29.0 Å².